The van der Waals surface area contributed by atoms with E-state index < -0.39 is 0 Å². The van der Waals surface area contributed by atoms with Crippen LogP contribution in [-0.4, -0.2) is 9.67 Å². The molecule has 3 rings (SSSR count). The van der Waals surface area contributed by atoms with Crippen molar-refractivity contribution in [2.24, 2.45) is 0 Å². The number of rotatable bonds is 1. The lowest BCUT2D eigenvalue weighted by Crippen LogP contribution is -2.18. The highest BCUT2D eigenvalue weighted by atomic mass is 16.3. The van der Waals surface area contributed by atoms with Crippen LogP contribution in [0.25, 0.3) is 16.5 Å². The number of phenolic OH excluding ortho intramolecular Hbond substituents is 1. The molecular weight excluding hydrogens is 264 g/mol. The molecule has 21 heavy (non-hydrogen) atoms. The van der Waals surface area contributed by atoms with Crippen LogP contribution in [0.15, 0.2) is 53.5 Å². The van der Waals surface area contributed by atoms with Gasteiger partial charge in [-0.25, -0.2) is 0 Å². The number of pyridine rings is 1. The summed E-state index contributed by atoms with van der Waals surface area (Å²) in [4.78, 5) is 12.6. The second kappa shape index (κ2) is 4.80. The van der Waals surface area contributed by atoms with Gasteiger partial charge in [0.25, 0.3) is 5.56 Å². The van der Waals surface area contributed by atoms with E-state index in [0.29, 0.717) is 22.0 Å². The number of aromatic nitrogens is 1. The van der Waals surface area contributed by atoms with Gasteiger partial charge in [-0.3, -0.25) is 9.36 Å². The molecule has 0 saturated heterocycles. The Morgan fingerprint density at radius 1 is 1.10 bits per heavy atom. The summed E-state index contributed by atoms with van der Waals surface area (Å²) in [6.45, 7) is 1.92. The average molecular weight is 276 g/mol. The normalized spacial score (nSPS) is 10.5. The second-order valence-electron chi connectivity index (χ2n) is 4.90. The molecule has 102 valence electrons. The summed E-state index contributed by atoms with van der Waals surface area (Å²) < 4.78 is 1.43. The van der Waals surface area contributed by atoms with Gasteiger partial charge in [0.15, 0.2) is 0 Å². The van der Waals surface area contributed by atoms with Gasteiger partial charge < -0.3 is 5.11 Å². The zero-order chi connectivity index (χ0) is 15.0. The molecule has 1 N–H and O–H groups in total. The van der Waals surface area contributed by atoms with Crippen molar-refractivity contribution in [1.29, 1.82) is 5.26 Å². The van der Waals surface area contributed by atoms with Gasteiger partial charge >= 0.3 is 0 Å². The lowest BCUT2D eigenvalue weighted by atomic mass is 10.1. The molecular formula is C17H12N2O2. The van der Waals surface area contributed by atoms with Crippen LogP contribution < -0.4 is 5.56 Å². The van der Waals surface area contributed by atoms with Crippen molar-refractivity contribution in [1.82, 2.24) is 4.57 Å². The molecule has 0 unspecified atom stereocenters. The van der Waals surface area contributed by atoms with Crippen LogP contribution in [0.4, 0.5) is 0 Å². The summed E-state index contributed by atoms with van der Waals surface area (Å²) in [5.41, 5.74) is 1.87. The first-order valence-electron chi connectivity index (χ1n) is 6.45. The van der Waals surface area contributed by atoms with Gasteiger partial charge in [-0.1, -0.05) is 11.6 Å². The lowest BCUT2D eigenvalue weighted by Gasteiger charge is -2.09. The minimum atomic E-state index is -0.185. The van der Waals surface area contributed by atoms with Crippen LogP contribution in [0.3, 0.4) is 0 Å². The molecule has 0 aliphatic rings. The Morgan fingerprint density at radius 2 is 1.81 bits per heavy atom. The Hall–Kier alpha value is -3.06. The fraction of sp³-hybridized carbons (Fsp3) is 0.0588. The van der Waals surface area contributed by atoms with Crippen molar-refractivity contribution >= 4 is 10.8 Å². The van der Waals surface area contributed by atoms with E-state index in [1.807, 2.05) is 19.1 Å². The van der Waals surface area contributed by atoms with E-state index in [4.69, 9.17) is 0 Å². The fourth-order valence-corrected chi connectivity index (χ4v) is 2.35. The standard InChI is InChI=1S/C17H12N2O2/c1-11-2-7-15-16(8-11)12(9-18)10-19(17(15)21)13-3-5-14(20)6-4-13/h2-8,10,20H,1H3. The zero-order valence-electron chi connectivity index (χ0n) is 11.4. The Morgan fingerprint density at radius 3 is 2.48 bits per heavy atom. The Kier molecular flexibility index (Phi) is 2.96. The van der Waals surface area contributed by atoms with Gasteiger partial charge in [-0.05, 0) is 43.3 Å². The van der Waals surface area contributed by atoms with Gasteiger partial charge in [0.1, 0.15) is 11.8 Å². The van der Waals surface area contributed by atoms with E-state index in [0.717, 1.165) is 5.56 Å². The van der Waals surface area contributed by atoms with Crippen molar-refractivity contribution in [3.05, 3.63) is 70.1 Å². The third-order valence-electron chi connectivity index (χ3n) is 3.42. The van der Waals surface area contributed by atoms with Gasteiger partial charge in [-0.15, -0.1) is 0 Å². The van der Waals surface area contributed by atoms with Gasteiger partial charge in [0.2, 0.25) is 0 Å². The number of nitriles is 1. The van der Waals surface area contributed by atoms with E-state index in [-0.39, 0.29) is 11.3 Å². The highest BCUT2D eigenvalue weighted by Gasteiger charge is 2.10. The number of aryl methyl sites for hydroxylation is 1. The molecule has 0 atom stereocenters. The molecule has 0 aliphatic heterocycles. The van der Waals surface area contributed by atoms with Gasteiger partial charge in [0.05, 0.1) is 5.56 Å². The monoisotopic (exact) mass is 276 g/mol. The van der Waals surface area contributed by atoms with Crippen molar-refractivity contribution in [2.75, 3.05) is 0 Å². The molecule has 0 spiro atoms. The number of benzene rings is 2. The van der Waals surface area contributed by atoms with E-state index in [2.05, 4.69) is 6.07 Å². The van der Waals surface area contributed by atoms with Crippen LogP contribution in [0.2, 0.25) is 0 Å². The van der Waals surface area contributed by atoms with E-state index in [1.54, 1.807) is 18.2 Å². The Bertz CT molecular complexity index is 932. The maximum absolute atomic E-state index is 12.6. The predicted molar refractivity (Wildman–Crippen MR) is 80.7 cm³/mol. The molecule has 4 heteroatoms. The minimum Gasteiger partial charge on any atom is -0.508 e. The molecule has 2 aromatic carbocycles. The summed E-state index contributed by atoms with van der Waals surface area (Å²) in [6.07, 6.45) is 1.54. The molecule has 0 saturated carbocycles. The lowest BCUT2D eigenvalue weighted by molar-refractivity contribution is 0.475. The average Bonchev–Trinajstić information content (AvgIpc) is 2.49. The summed E-state index contributed by atoms with van der Waals surface area (Å²) in [5, 5.41) is 19.8. The first-order valence-corrected chi connectivity index (χ1v) is 6.45. The first-order chi connectivity index (χ1) is 10.1. The molecule has 0 radical (unpaired) electrons. The molecule has 0 bridgehead atoms. The molecule has 4 nitrogen and oxygen atoms in total. The van der Waals surface area contributed by atoms with Crippen LogP contribution in [0.5, 0.6) is 5.75 Å². The maximum Gasteiger partial charge on any atom is 0.263 e. The quantitative estimate of drug-likeness (QED) is 0.743. The highest BCUT2D eigenvalue weighted by Crippen LogP contribution is 2.19. The largest absolute Gasteiger partial charge is 0.508 e. The highest BCUT2D eigenvalue weighted by molar-refractivity contribution is 5.87. The van der Waals surface area contributed by atoms with Crippen LogP contribution in [0.1, 0.15) is 11.1 Å². The summed E-state index contributed by atoms with van der Waals surface area (Å²) in [5.74, 6) is 0.128. The summed E-state index contributed by atoms with van der Waals surface area (Å²) in [7, 11) is 0. The maximum atomic E-state index is 12.6. The number of aromatic hydroxyl groups is 1. The molecule has 3 aromatic rings. The number of fused-ring (bicyclic) bond motifs is 1. The third-order valence-corrected chi connectivity index (χ3v) is 3.42. The number of phenols is 1. The first kappa shape index (κ1) is 12.9. The number of hydrogen-bond acceptors (Lipinski definition) is 3. The number of nitrogens with zero attached hydrogens (tertiary/aromatic N) is 2. The van der Waals surface area contributed by atoms with Crippen LogP contribution in [0, 0.1) is 18.3 Å². The smallest absolute Gasteiger partial charge is 0.263 e. The van der Waals surface area contributed by atoms with Crippen molar-refractivity contribution in [2.45, 2.75) is 6.92 Å². The topological polar surface area (TPSA) is 66.0 Å². The van der Waals surface area contributed by atoms with Crippen LogP contribution in [-0.2, 0) is 0 Å². The van der Waals surface area contributed by atoms with Crippen molar-refractivity contribution in [3.63, 3.8) is 0 Å². The van der Waals surface area contributed by atoms with Gasteiger partial charge in [-0.2, -0.15) is 5.26 Å². The fourth-order valence-electron chi connectivity index (χ4n) is 2.35. The van der Waals surface area contributed by atoms with E-state index in [1.165, 1.54) is 22.9 Å². The summed E-state index contributed by atoms with van der Waals surface area (Å²) in [6, 6.07) is 13.9. The SMILES string of the molecule is Cc1ccc2c(=O)n(-c3ccc(O)cc3)cc(C#N)c2c1. The van der Waals surface area contributed by atoms with Crippen LogP contribution >= 0.6 is 0 Å². The van der Waals surface area contributed by atoms with Gasteiger partial charge in [0, 0.05) is 22.7 Å². The van der Waals surface area contributed by atoms with Crippen molar-refractivity contribution in [3.8, 4) is 17.5 Å². The summed E-state index contributed by atoms with van der Waals surface area (Å²) >= 11 is 0. The Balaban J connectivity index is 2.38. The predicted octanol–water partition coefficient (Wildman–Crippen LogP) is 2.88. The Labute approximate surface area is 121 Å². The second-order valence-corrected chi connectivity index (χ2v) is 4.90. The third kappa shape index (κ3) is 2.15. The molecule has 0 fully saturated rings. The van der Waals surface area contributed by atoms with Crippen molar-refractivity contribution < 1.29 is 5.11 Å². The molecule has 0 amide bonds. The zero-order valence-corrected chi connectivity index (χ0v) is 11.4. The molecule has 1 heterocycles. The van der Waals surface area contributed by atoms with E-state index >= 15 is 0 Å². The minimum absolute atomic E-state index is 0.128. The van der Waals surface area contributed by atoms with E-state index in [9.17, 15) is 15.2 Å². The molecule has 1 aromatic heterocycles. The molecule has 0 aliphatic carbocycles. The number of hydrogen-bond donors (Lipinski definition) is 1.